The van der Waals surface area contributed by atoms with Crippen molar-refractivity contribution in [3.63, 3.8) is 0 Å². The molecule has 0 aromatic carbocycles. The Balaban J connectivity index is 2.61. The molecule has 1 rings (SSSR count). The molecule has 0 saturated heterocycles. The van der Waals surface area contributed by atoms with E-state index in [1.54, 1.807) is 0 Å². The van der Waals surface area contributed by atoms with Crippen molar-refractivity contribution in [1.29, 1.82) is 0 Å². The molecular weight excluding hydrogens is 172 g/mol. The SMILES string of the molecule is C=CCCc1ccn(C(CC)CC)n1. The average Bonchev–Trinajstić information content (AvgIpc) is 2.65. The lowest BCUT2D eigenvalue weighted by Crippen LogP contribution is -2.07. The first-order chi connectivity index (χ1) is 6.81. The van der Waals surface area contributed by atoms with Crippen molar-refractivity contribution < 1.29 is 0 Å². The van der Waals surface area contributed by atoms with Crippen LogP contribution in [0.4, 0.5) is 0 Å². The lowest BCUT2D eigenvalue weighted by Gasteiger charge is -2.12. The van der Waals surface area contributed by atoms with Crippen LogP contribution in [-0.4, -0.2) is 9.78 Å². The Hall–Kier alpha value is -1.05. The van der Waals surface area contributed by atoms with E-state index in [4.69, 9.17) is 0 Å². The molecule has 0 bridgehead atoms. The van der Waals surface area contributed by atoms with Gasteiger partial charge in [0.2, 0.25) is 0 Å². The van der Waals surface area contributed by atoms with Crippen molar-refractivity contribution in [3.05, 3.63) is 30.6 Å². The van der Waals surface area contributed by atoms with E-state index >= 15 is 0 Å². The summed E-state index contributed by atoms with van der Waals surface area (Å²) < 4.78 is 2.10. The molecule has 1 heterocycles. The monoisotopic (exact) mass is 192 g/mol. The Morgan fingerprint density at radius 3 is 2.79 bits per heavy atom. The van der Waals surface area contributed by atoms with E-state index in [9.17, 15) is 0 Å². The van der Waals surface area contributed by atoms with Crippen molar-refractivity contribution in [2.75, 3.05) is 0 Å². The summed E-state index contributed by atoms with van der Waals surface area (Å²) in [7, 11) is 0. The number of aromatic nitrogens is 2. The first-order valence-electron chi connectivity index (χ1n) is 5.46. The van der Waals surface area contributed by atoms with Gasteiger partial charge in [-0.25, -0.2) is 0 Å². The van der Waals surface area contributed by atoms with E-state index < -0.39 is 0 Å². The van der Waals surface area contributed by atoms with Gasteiger partial charge in [0.15, 0.2) is 0 Å². The maximum Gasteiger partial charge on any atom is 0.0627 e. The van der Waals surface area contributed by atoms with Crippen molar-refractivity contribution in [2.45, 2.75) is 45.6 Å². The third-order valence-corrected chi connectivity index (χ3v) is 2.58. The fourth-order valence-corrected chi connectivity index (χ4v) is 1.63. The van der Waals surface area contributed by atoms with E-state index in [2.05, 4.69) is 42.5 Å². The fraction of sp³-hybridized carbons (Fsp3) is 0.583. The van der Waals surface area contributed by atoms with Gasteiger partial charge < -0.3 is 0 Å². The van der Waals surface area contributed by atoms with Crippen molar-refractivity contribution >= 4 is 0 Å². The summed E-state index contributed by atoms with van der Waals surface area (Å²) in [5, 5.41) is 4.56. The molecule has 0 fully saturated rings. The zero-order valence-corrected chi connectivity index (χ0v) is 9.24. The fourth-order valence-electron chi connectivity index (χ4n) is 1.63. The predicted molar refractivity (Wildman–Crippen MR) is 60.4 cm³/mol. The van der Waals surface area contributed by atoms with E-state index in [0.717, 1.165) is 25.7 Å². The highest BCUT2D eigenvalue weighted by Crippen LogP contribution is 2.14. The van der Waals surface area contributed by atoms with Gasteiger partial charge in [-0.2, -0.15) is 5.10 Å². The second-order valence-corrected chi connectivity index (χ2v) is 3.58. The molecule has 0 spiro atoms. The van der Waals surface area contributed by atoms with Crippen LogP contribution in [0, 0.1) is 0 Å². The predicted octanol–water partition coefficient (Wildman–Crippen LogP) is 3.36. The molecule has 0 saturated carbocycles. The van der Waals surface area contributed by atoms with Gasteiger partial charge in [0.25, 0.3) is 0 Å². The summed E-state index contributed by atoms with van der Waals surface area (Å²) in [6.07, 6.45) is 8.36. The molecule has 0 N–H and O–H groups in total. The molecule has 0 aliphatic rings. The molecule has 2 nitrogen and oxygen atoms in total. The maximum atomic E-state index is 4.56. The van der Waals surface area contributed by atoms with Crippen LogP contribution in [0.1, 0.15) is 44.8 Å². The Kier molecular flexibility index (Phi) is 4.44. The smallest absolute Gasteiger partial charge is 0.0627 e. The first-order valence-corrected chi connectivity index (χ1v) is 5.46. The van der Waals surface area contributed by atoms with E-state index in [1.165, 1.54) is 5.69 Å². The summed E-state index contributed by atoms with van der Waals surface area (Å²) >= 11 is 0. The quantitative estimate of drug-likeness (QED) is 0.632. The van der Waals surface area contributed by atoms with E-state index in [1.807, 2.05) is 6.08 Å². The number of nitrogens with zero attached hydrogens (tertiary/aromatic N) is 2. The van der Waals surface area contributed by atoms with Gasteiger partial charge in [0.1, 0.15) is 0 Å². The zero-order valence-electron chi connectivity index (χ0n) is 9.24. The van der Waals surface area contributed by atoms with Gasteiger partial charge in [-0.3, -0.25) is 4.68 Å². The Morgan fingerprint density at radius 1 is 1.50 bits per heavy atom. The Bertz CT molecular complexity index is 272. The van der Waals surface area contributed by atoms with Gasteiger partial charge >= 0.3 is 0 Å². The Morgan fingerprint density at radius 2 is 2.21 bits per heavy atom. The molecule has 1 aromatic rings. The summed E-state index contributed by atoms with van der Waals surface area (Å²) in [5.41, 5.74) is 1.18. The zero-order chi connectivity index (χ0) is 10.4. The number of hydrogen-bond acceptors (Lipinski definition) is 1. The van der Waals surface area contributed by atoms with Crippen molar-refractivity contribution in [2.24, 2.45) is 0 Å². The molecule has 0 amide bonds. The van der Waals surface area contributed by atoms with Crippen LogP contribution in [-0.2, 0) is 6.42 Å². The van der Waals surface area contributed by atoms with Crippen LogP contribution in [0.25, 0.3) is 0 Å². The summed E-state index contributed by atoms with van der Waals surface area (Å²) in [5.74, 6) is 0. The van der Waals surface area contributed by atoms with Crippen LogP contribution < -0.4 is 0 Å². The molecule has 0 aliphatic heterocycles. The first kappa shape index (κ1) is 11.0. The van der Waals surface area contributed by atoms with Crippen LogP contribution >= 0.6 is 0 Å². The number of rotatable bonds is 6. The molecule has 0 atom stereocenters. The third kappa shape index (κ3) is 2.72. The topological polar surface area (TPSA) is 17.8 Å². The average molecular weight is 192 g/mol. The van der Waals surface area contributed by atoms with Gasteiger partial charge in [0.05, 0.1) is 11.7 Å². The third-order valence-electron chi connectivity index (χ3n) is 2.58. The van der Waals surface area contributed by atoms with Gasteiger partial charge in [-0.15, -0.1) is 6.58 Å². The summed E-state index contributed by atoms with van der Waals surface area (Å²) in [4.78, 5) is 0. The number of hydrogen-bond donors (Lipinski definition) is 0. The molecule has 2 heteroatoms. The highest BCUT2D eigenvalue weighted by atomic mass is 15.3. The van der Waals surface area contributed by atoms with Gasteiger partial charge in [-0.05, 0) is 31.7 Å². The number of allylic oxidation sites excluding steroid dienone is 1. The van der Waals surface area contributed by atoms with Gasteiger partial charge in [-0.1, -0.05) is 19.9 Å². The highest BCUT2D eigenvalue weighted by Gasteiger charge is 2.06. The molecule has 1 aromatic heterocycles. The number of aryl methyl sites for hydroxylation is 1. The lowest BCUT2D eigenvalue weighted by atomic mass is 10.2. The molecule has 14 heavy (non-hydrogen) atoms. The summed E-state index contributed by atoms with van der Waals surface area (Å²) in [6.45, 7) is 8.13. The lowest BCUT2D eigenvalue weighted by molar-refractivity contribution is 0.425. The van der Waals surface area contributed by atoms with Crippen molar-refractivity contribution in [1.82, 2.24) is 9.78 Å². The standard InChI is InChI=1S/C12H20N2/c1-4-7-8-11-9-10-14(13-11)12(5-2)6-3/h4,9-10,12H,1,5-8H2,2-3H3. The van der Waals surface area contributed by atoms with Gasteiger partial charge in [0, 0.05) is 6.20 Å². The van der Waals surface area contributed by atoms with Crippen LogP contribution in [0.5, 0.6) is 0 Å². The largest absolute Gasteiger partial charge is 0.269 e. The second kappa shape index (κ2) is 5.63. The van der Waals surface area contributed by atoms with Crippen LogP contribution in [0.15, 0.2) is 24.9 Å². The summed E-state index contributed by atoms with van der Waals surface area (Å²) in [6, 6.07) is 2.68. The molecule has 0 radical (unpaired) electrons. The van der Waals surface area contributed by atoms with Crippen LogP contribution in [0.2, 0.25) is 0 Å². The van der Waals surface area contributed by atoms with E-state index in [-0.39, 0.29) is 0 Å². The minimum Gasteiger partial charge on any atom is -0.269 e. The molecular formula is C12H20N2. The second-order valence-electron chi connectivity index (χ2n) is 3.58. The molecule has 78 valence electrons. The van der Waals surface area contributed by atoms with Crippen LogP contribution in [0.3, 0.4) is 0 Å². The molecule has 0 unspecified atom stereocenters. The van der Waals surface area contributed by atoms with E-state index in [0.29, 0.717) is 6.04 Å². The highest BCUT2D eigenvalue weighted by molar-refractivity contribution is 5.01. The normalized spacial score (nSPS) is 10.8. The molecule has 0 aliphatic carbocycles. The van der Waals surface area contributed by atoms with Crippen molar-refractivity contribution in [3.8, 4) is 0 Å². The maximum absolute atomic E-state index is 4.56. The minimum absolute atomic E-state index is 0.562. The minimum atomic E-state index is 0.562. The Labute approximate surface area is 86.6 Å².